The Labute approximate surface area is 123 Å². The van der Waals surface area contributed by atoms with Crippen LogP contribution in [0.25, 0.3) is 0 Å². The highest BCUT2D eigenvalue weighted by atomic mass is 16.5. The number of Topliss-reactive ketones (excluding diaryl/α,β-unsaturated/α-hetero) is 2. The molecule has 2 aromatic rings. The van der Waals surface area contributed by atoms with Gasteiger partial charge in [-0.05, 0) is 0 Å². The van der Waals surface area contributed by atoms with Crippen LogP contribution in [0.3, 0.4) is 0 Å². The molecule has 0 spiro atoms. The van der Waals surface area contributed by atoms with E-state index >= 15 is 0 Å². The molecule has 0 aromatic heterocycles. The number of ether oxygens (including phenoxy) is 1. The van der Waals surface area contributed by atoms with Gasteiger partial charge >= 0.3 is 0 Å². The van der Waals surface area contributed by atoms with Crippen molar-refractivity contribution >= 4 is 11.6 Å². The summed E-state index contributed by atoms with van der Waals surface area (Å²) in [5.74, 6) is -6.71. The number of ketones is 2. The molecular formula is C15H10O7. The Hall–Kier alpha value is -3.22. The summed E-state index contributed by atoms with van der Waals surface area (Å²) in [5, 5.41) is 38.5. The van der Waals surface area contributed by atoms with E-state index in [4.69, 9.17) is 4.74 Å². The summed E-state index contributed by atoms with van der Waals surface area (Å²) in [6.07, 6.45) is -1.31. The first-order valence-electron chi connectivity index (χ1n) is 6.23. The molecule has 1 aliphatic heterocycles. The number of hydrogen-bond donors (Lipinski definition) is 4. The summed E-state index contributed by atoms with van der Waals surface area (Å²) < 4.78 is 5.30. The third-order valence-corrected chi connectivity index (χ3v) is 3.38. The zero-order valence-corrected chi connectivity index (χ0v) is 11.0. The largest absolute Gasteiger partial charge is 0.504 e. The van der Waals surface area contributed by atoms with Gasteiger partial charge in [0.1, 0.15) is 5.56 Å². The minimum absolute atomic E-state index is 0.373. The van der Waals surface area contributed by atoms with Gasteiger partial charge in [0.25, 0.3) is 0 Å². The Morgan fingerprint density at radius 1 is 0.818 bits per heavy atom. The van der Waals surface area contributed by atoms with Crippen molar-refractivity contribution in [2.24, 2.45) is 0 Å². The number of phenolic OH excluding ortho intramolecular Hbond substituents is 4. The maximum Gasteiger partial charge on any atom is 0.248 e. The second-order valence-electron chi connectivity index (χ2n) is 4.70. The quantitative estimate of drug-likeness (QED) is 0.356. The molecular weight excluding hydrogens is 292 g/mol. The summed E-state index contributed by atoms with van der Waals surface area (Å²) in [5.41, 5.74) is -0.303. The molecule has 7 heteroatoms. The van der Waals surface area contributed by atoms with Crippen molar-refractivity contribution in [3.63, 3.8) is 0 Å². The lowest BCUT2D eigenvalue weighted by atomic mass is 9.93. The van der Waals surface area contributed by atoms with Crippen molar-refractivity contribution in [1.29, 1.82) is 0 Å². The molecule has 0 amide bonds. The first kappa shape index (κ1) is 13.7. The van der Waals surface area contributed by atoms with Crippen molar-refractivity contribution in [3.8, 4) is 28.7 Å². The number of carbonyl (C=O) groups excluding carboxylic acids is 2. The SMILES string of the molecule is O=C1C(=O)C(c2ccccc2)Oc2c(O)c(O)c(O)c(O)c21. The van der Waals surface area contributed by atoms with Gasteiger partial charge in [-0.1, -0.05) is 30.3 Å². The molecule has 1 heterocycles. The summed E-state index contributed by atoms with van der Waals surface area (Å²) >= 11 is 0. The Morgan fingerprint density at radius 2 is 1.41 bits per heavy atom. The normalized spacial score (nSPS) is 17.0. The lowest BCUT2D eigenvalue weighted by Crippen LogP contribution is -2.31. The van der Waals surface area contributed by atoms with Crippen LogP contribution < -0.4 is 4.74 Å². The van der Waals surface area contributed by atoms with Crippen LogP contribution >= 0.6 is 0 Å². The lowest BCUT2D eigenvalue weighted by Gasteiger charge is -2.25. The summed E-state index contributed by atoms with van der Waals surface area (Å²) in [4.78, 5) is 24.3. The van der Waals surface area contributed by atoms with Crippen molar-refractivity contribution < 1.29 is 34.8 Å². The van der Waals surface area contributed by atoms with Gasteiger partial charge in [-0.15, -0.1) is 0 Å². The van der Waals surface area contributed by atoms with E-state index in [1.54, 1.807) is 30.3 Å². The predicted octanol–water partition coefficient (Wildman–Crippen LogP) is 1.39. The number of rotatable bonds is 1. The molecule has 7 nitrogen and oxygen atoms in total. The van der Waals surface area contributed by atoms with E-state index in [0.717, 1.165) is 0 Å². The van der Waals surface area contributed by atoms with E-state index in [1.807, 2.05) is 0 Å². The van der Waals surface area contributed by atoms with Crippen LogP contribution in [0, 0.1) is 0 Å². The van der Waals surface area contributed by atoms with E-state index < -0.39 is 52.0 Å². The predicted molar refractivity (Wildman–Crippen MR) is 72.2 cm³/mol. The molecule has 4 N–H and O–H groups in total. The first-order valence-corrected chi connectivity index (χ1v) is 6.23. The van der Waals surface area contributed by atoms with Gasteiger partial charge < -0.3 is 25.2 Å². The highest BCUT2D eigenvalue weighted by Gasteiger charge is 2.42. The fraction of sp³-hybridized carbons (Fsp3) is 0.0667. The number of benzene rings is 2. The molecule has 22 heavy (non-hydrogen) atoms. The molecule has 0 bridgehead atoms. The van der Waals surface area contributed by atoms with Gasteiger partial charge in [-0.25, -0.2) is 0 Å². The van der Waals surface area contributed by atoms with E-state index in [0.29, 0.717) is 5.56 Å². The van der Waals surface area contributed by atoms with Crippen LogP contribution in [0.15, 0.2) is 30.3 Å². The highest BCUT2D eigenvalue weighted by Crippen LogP contribution is 2.54. The fourth-order valence-corrected chi connectivity index (χ4v) is 2.26. The number of aromatic hydroxyl groups is 4. The molecule has 1 atom stereocenters. The number of carbonyl (C=O) groups is 2. The molecule has 1 unspecified atom stereocenters. The fourth-order valence-electron chi connectivity index (χ4n) is 2.26. The average molecular weight is 302 g/mol. The smallest absolute Gasteiger partial charge is 0.248 e. The first-order chi connectivity index (χ1) is 10.4. The van der Waals surface area contributed by atoms with Crippen molar-refractivity contribution in [2.45, 2.75) is 6.10 Å². The maximum absolute atomic E-state index is 12.1. The number of fused-ring (bicyclic) bond motifs is 1. The van der Waals surface area contributed by atoms with Gasteiger partial charge in [0.2, 0.25) is 28.8 Å². The van der Waals surface area contributed by atoms with Crippen LogP contribution in [-0.4, -0.2) is 32.0 Å². The summed E-state index contributed by atoms with van der Waals surface area (Å²) in [7, 11) is 0. The second kappa shape index (κ2) is 4.66. The summed E-state index contributed by atoms with van der Waals surface area (Å²) in [6.45, 7) is 0. The molecule has 0 aliphatic carbocycles. The van der Waals surface area contributed by atoms with E-state index in [-0.39, 0.29) is 0 Å². The summed E-state index contributed by atoms with van der Waals surface area (Å²) in [6, 6.07) is 8.09. The van der Waals surface area contributed by atoms with E-state index in [9.17, 15) is 30.0 Å². The van der Waals surface area contributed by atoms with Crippen molar-refractivity contribution in [3.05, 3.63) is 41.5 Å². The third kappa shape index (κ3) is 1.76. The van der Waals surface area contributed by atoms with Crippen LogP contribution in [-0.2, 0) is 4.79 Å². The minimum atomic E-state index is -1.31. The molecule has 1 aliphatic rings. The Morgan fingerprint density at radius 3 is 2.05 bits per heavy atom. The Bertz CT molecular complexity index is 796. The molecule has 112 valence electrons. The third-order valence-electron chi connectivity index (χ3n) is 3.38. The standard InChI is InChI=1S/C15H10O7/c16-8-7-9(17)12(20)14(6-4-2-1-3-5-6)22-15(7)13(21)11(19)10(8)18/h1-5,14,16,18-19,21H. The molecule has 2 aromatic carbocycles. The van der Waals surface area contributed by atoms with Gasteiger partial charge in [0.15, 0.2) is 17.6 Å². The van der Waals surface area contributed by atoms with E-state index in [2.05, 4.69) is 0 Å². The van der Waals surface area contributed by atoms with Crippen LogP contribution in [0.5, 0.6) is 28.7 Å². The lowest BCUT2D eigenvalue weighted by molar-refractivity contribution is -0.122. The monoisotopic (exact) mass is 302 g/mol. The minimum Gasteiger partial charge on any atom is -0.504 e. The van der Waals surface area contributed by atoms with Gasteiger partial charge in [-0.3, -0.25) is 9.59 Å². The molecule has 0 fully saturated rings. The highest BCUT2D eigenvalue weighted by molar-refractivity contribution is 6.47. The Kier molecular flexibility index (Phi) is 2.91. The van der Waals surface area contributed by atoms with Gasteiger partial charge in [-0.2, -0.15) is 0 Å². The zero-order chi connectivity index (χ0) is 16.0. The van der Waals surface area contributed by atoms with Crippen molar-refractivity contribution in [2.75, 3.05) is 0 Å². The molecule has 0 radical (unpaired) electrons. The van der Waals surface area contributed by atoms with Crippen molar-refractivity contribution in [1.82, 2.24) is 0 Å². The molecule has 0 saturated carbocycles. The van der Waals surface area contributed by atoms with Gasteiger partial charge in [0.05, 0.1) is 0 Å². The van der Waals surface area contributed by atoms with Gasteiger partial charge in [0, 0.05) is 5.56 Å². The number of hydrogen-bond acceptors (Lipinski definition) is 7. The second-order valence-corrected chi connectivity index (χ2v) is 4.70. The van der Waals surface area contributed by atoms with E-state index in [1.165, 1.54) is 0 Å². The van der Waals surface area contributed by atoms with Crippen LogP contribution in [0.2, 0.25) is 0 Å². The van der Waals surface area contributed by atoms with Crippen LogP contribution in [0.1, 0.15) is 22.0 Å². The maximum atomic E-state index is 12.1. The number of phenols is 4. The zero-order valence-electron chi connectivity index (χ0n) is 11.0. The topological polar surface area (TPSA) is 124 Å². The average Bonchev–Trinajstić information content (AvgIpc) is 2.54. The molecule has 3 rings (SSSR count). The Balaban J connectivity index is 2.21. The van der Waals surface area contributed by atoms with Crippen LogP contribution in [0.4, 0.5) is 0 Å². The molecule has 0 saturated heterocycles.